The molecule has 1 rings (SSSR count). The molecule has 0 unspecified atom stereocenters. The maximum Gasteiger partial charge on any atom is 0.251 e. The van der Waals surface area contributed by atoms with Gasteiger partial charge in [-0.05, 0) is 44.9 Å². The van der Waals surface area contributed by atoms with Crippen LogP contribution < -0.4 is 10.1 Å². The molecule has 4 heteroatoms. The zero-order valence-corrected chi connectivity index (χ0v) is 13.4. The molecule has 0 aliphatic heterocycles. The molecule has 0 radical (unpaired) electrons. The fraction of sp³-hybridized carbons (Fsp3) is 0.533. The van der Waals surface area contributed by atoms with Crippen LogP contribution in [0.1, 0.15) is 44.0 Å². The molecule has 0 aliphatic rings. The highest BCUT2D eigenvalue weighted by Crippen LogP contribution is 2.16. The van der Waals surface area contributed by atoms with Gasteiger partial charge in [-0.15, -0.1) is 0 Å². The number of rotatable bonds is 7. The fourth-order valence-corrected chi connectivity index (χ4v) is 2.62. The zero-order valence-electron chi connectivity index (χ0n) is 11.8. The van der Waals surface area contributed by atoms with Gasteiger partial charge in [-0.2, -0.15) is 0 Å². The minimum atomic E-state index is -0.221. The summed E-state index contributed by atoms with van der Waals surface area (Å²) >= 11 is 3.40. The predicted octanol–water partition coefficient (Wildman–Crippen LogP) is 3.77. The van der Waals surface area contributed by atoms with Crippen molar-refractivity contribution in [1.29, 1.82) is 0 Å². The van der Waals surface area contributed by atoms with Crippen LogP contribution in [0.4, 0.5) is 0 Å². The number of benzene rings is 1. The van der Waals surface area contributed by atoms with E-state index in [1.165, 1.54) is 0 Å². The average molecular weight is 328 g/mol. The number of hydrogen-bond donors (Lipinski definition) is 1. The number of nitrogens with one attached hydrogen (secondary N) is 1. The molecule has 0 atom stereocenters. The van der Waals surface area contributed by atoms with Gasteiger partial charge in [0.2, 0.25) is 0 Å². The minimum absolute atomic E-state index is 0.0621. The standard InChI is InChI=1S/C15H22BrNO2/c1-4-10-19-13-7-5-6-12(11-13)14(18)17-15(2,3)8-9-16/h5-7,11H,4,8-10H2,1-3H3,(H,17,18). The predicted molar refractivity (Wildman–Crippen MR) is 82.2 cm³/mol. The summed E-state index contributed by atoms with van der Waals surface area (Å²) in [5.41, 5.74) is 0.414. The van der Waals surface area contributed by atoms with Gasteiger partial charge in [0.1, 0.15) is 5.75 Å². The van der Waals surface area contributed by atoms with Crippen LogP contribution in [0.2, 0.25) is 0 Å². The van der Waals surface area contributed by atoms with Crippen LogP contribution in [-0.4, -0.2) is 23.4 Å². The van der Waals surface area contributed by atoms with Gasteiger partial charge in [-0.3, -0.25) is 4.79 Å². The van der Waals surface area contributed by atoms with E-state index < -0.39 is 0 Å². The molecule has 0 heterocycles. The summed E-state index contributed by atoms with van der Waals surface area (Å²) < 4.78 is 5.54. The third-order valence-electron chi connectivity index (χ3n) is 2.74. The molecule has 1 amide bonds. The first-order chi connectivity index (χ1) is 8.98. The lowest BCUT2D eigenvalue weighted by atomic mass is 10.0. The second-order valence-electron chi connectivity index (χ2n) is 5.15. The van der Waals surface area contributed by atoms with Crippen molar-refractivity contribution < 1.29 is 9.53 Å². The van der Waals surface area contributed by atoms with Crippen LogP contribution >= 0.6 is 15.9 Å². The van der Waals surface area contributed by atoms with E-state index in [4.69, 9.17) is 4.74 Å². The second-order valence-corrected chi connectivity index (χ2v) is 5.95. The van der Waals surface area contributed by atoms with Crippen LogP contribution in [0, 0.1) is 0 Å². The van der Waals surface area contributed by atoms with Crippen molar-refractivity contribution in [3.8, 4) is 5.75 Å². The number of halogens is 1. The maximum absolute atomic E-state index is 12.2. The highest BCUT2D eigenvalue weighted by atomic mass is 79.9. The van der Waals surface area contributed by atoms with E-state index in [2.05, 4.69) is 28.2 Å². The molecule has 19 heavy (non-hydrogen) atoms. The maximum atomic E-state index is 12.2. The zero-order chi connectivity index (χ0) is 14.3. The molecular formula is C15H22BrNO2. The van der Waals surface area contributed by atoms with Crippen molar-refractivity contribution in [3.63, 3.8) is 0 Å². The van der Waals surface area contributed by atoms with Gasteiger partial charge in [-0.1, -0.05) is 28.9 Å². The van der Waals surface area contributed by atoms with Crippen LogP contribution in [0.25, 0.3) is 0 Å². The fourth-order valence-electron chi connectivity index (χ4n) is 1.63. The van der Waals surface area contributed by atoms with Gasteiger partial charge in [0.15, 0.2) is 0 Å². The summed E-state index contributed by atoms with van der Waals surface area (Å²) in [6.45, 7) is 6.76. The SMILES string of the molecule is CCCOc1cccc(C(=O)NC(C)(C)CCBr)c1. The van der Waals surface area contributed by atoms with Crippen LogP contribution in [0.3, 0.4) is 0 Å². The van der Waals surface area contributed by atoms with E-state index in [1.54, 1.807) is 12.1 Å². The molecule has 0 aromatic heterocycles. The van der Waals surface area contributed by atoms with E-state index in [0.29, 0.717) is 12.2 Å². The van der Waals surface area contributed by atoms with E-state index in [9.17, 15) is 4.79 Å². The highest BCUT2D eigenvalue weighted by Gasteiger charge is 2.20. The normalized spacial score (nSPS) is 11.2. The van der Waals surface area contributed by atoms with E-state index in [0.717, 1.165) is 23.9 Å². The Labute approximate surface area is 123 Å². The van der Waals surface area contributed by atoms with Gasteiger partial charge in [0.25, 0.3) is 5.91 Å². The summed E-state index contributed by atoms with van der Waals surface area (Å²) in [7, 11) is 0. The first-order valence-electron chi connectivity index (χ1n) is 6.60. The number of ether oxygens (including phenoxy) is 1. The molecular weight excluding hydrogens is 306 g/mol. The summed E-state index contributed by atoms with van der Waals surface area (Å²) in [4.78, 5) is 12.2. The summed E-state index contributed by atoms with van der Waals surface area (Å²) in [6, 6.07) is 7.31. The Morgan fingerprint density at radius 3 is 2.79 bits per heavy atom. The van der Waals surface area contributed by atoms with Gasteiger partial charge in [0.05, 0.1) is 6.61 Å². The number of carbonyl (C=O) groups is 1. The first-order valence-corrected chi connectivity index (χ1v) is 7.72. The Morgan fingerprint density at radius 1 is 1.42 bits per heavy atom. The first kappa shape index (κ1) is 16.0. The molecule has 1 aromatic carbocycles. The molecule has 0 saturated heterocycles. The lowest BCUT2D eigenvalue weighted by molar-refractivity contribution is 0.0911. The Balaban J connectivity index is 2.71. The topological polar surface area (TPSA) is 38.3 Å². The quantitative estimate of drug-likeness (QED) is 0.774. The van der Waals surface area contributed by atoms with E-state index in [-0.39, 0.29) is 11.4 Å². The molecule has 0 saturated carbocycles. The third kappa shape index (κ3) is 5.64. The molecule has 1 N–H and O–H groups in total. The molecule has 0 spiro atoms. The Bertz CT molecular complexity index is 418. The lowest BCUT2D eigenvalue weighted by Gasteiger charge is -2.25. The van der Waals surface area contributed by atoms with E-state index >= 15 is 0 Å². The number of alkyl halides is 1. The van der Waals surface area contributed by atoms with E-state index in [1.807, 2.05) is 26.0 Å². The van der Waals surface area contributed by atoms with Crippen molar-refractivity contribution in [3.05, 3.63) is 29.8 Å². The Kier molecular flexibility index (Phi) is 6.35. The smallest absolute Gasteiger partial charge is 0.251 e. The second kappa shape index (κ2) is 7.53. The third-order valence-corrected chi connectivity index (χ3v) is 3.14. The average Bonchev–Trinajstić information content (AvgIpc) is 2.36. The summed E-state index contributed by atoms with van der Waals surface area (Å²) in [5, 5.41) is 3.89. The molecule has 3 nitrogen and oxygen atoms in total. The van der Waals surface area contributed by atoms with Gasteiger partial charge in [0, 0.05) is 16.4 Å². The summed E-state index contributed by atoms with van der Waals surface area (Å²) in [6.07, 6.45) is 1.83. The van der Waals surface area contributed by atoms with Crippen molar-refractivity contribution in [2.24, 2.45) is 0 Å². The monoisotopic (exact) mass is 327 g/mol. The lowest BCUT2D eigenvalue weighted by Crippen LogP contribution is -2.43. The Morgan fingerprint density at radius 2 is 2.16 bits per heavy atom. The van der Waals surface area contributed by atoms with Crippen molar-refractivity contribution in [1.82, 2.24) is 5.32 Å². The summed E-state index contributed by atoms with van der Waals surface area (Å²) in [5.74, 6) is 0.681. The van der Waals surface area contributed by atoms with Gasteiger partial charge >= 0.3 is 0 Å². The molecule has 0 aliphatic carbocycles. The van der Waals surface area contributed by atoms with Crippen molar-refractivity contribution >= 4 is 21.8 Å². The molecule has 0 bridgehead atoms. The van der Waals surface area contributed by atoms with Gasteiger partial charge < -0.3 is 10.1 Å². The van der Waals surface area contributed by atoms with Crippen LogP contribution in [0.15, 0.2) is 24.3 Å². The van der Waals surface area contributed by atoms with Gasteiger partial charge in [-0.25, -0.2) is 0 Å². The largest absolute Gasteiger partial charge is 0.494 e. The van der Waals surface area contributed by atoms with Crippen molar-refractivity contribution in [2.75, 3.05) is 11.9 Å². The number of hydrogen-bond acceptors (Lipinski definition) is 2. The highest BCUT2D eigenvalue weighted by molar-refractivity contribution is 9.09. The number of amides is 1. The molecule has 0 fully saturated rings. The Hall–Kier alpha value is -1.03. The van der Waals surface area contributed by atoms with Crippen LogP contribution in [-0.2, 0) is 0 Å². The van der Waals surface area contributed by atoms with Crippen LogP contribution in [0.5, 0.6) is 5.75 Å². The minimum Gasteiger partial charge on any atom is -0.494 e. The number of carbonyl (C=O) groups excluding carboxylic acids is 1. The molecule has 106 valence electrons. The molecule has 1 aromatic rings. The van der Waals surface area contributed by atoms with Crippen molar-refractivity contribution in [2.45, 2.75) is 39.2 Å².